The van der Waals surface area contributed by atoms with E-state index in [-0.39, 0.29) is 17.4 Å². The molecule has 1 saturated carbocycles. The van der Waals surface area contributed by atoms with E-state index < -0.39 is 22.9 Å². The molecule has 0 radical (unpaired) electrons. The number of nitrogens with zero attached hydrogens (tertiary/aromatic N) is 3. The Bertz CT molecular complexity index is 1120. The Morgan fingerprint density at radius 2 is 1.77 bits per heavy atom. The number of thioether (sulfide) groups is 1. The summed E-state index contributed by atoms with van der Waals surface area (Å²) in [7, 11) is 0. The van der Waals surface area contributed by atoms with Gasteiger partial charge in [0.1, 0.15) is 11.6 Å². The van der Waals surface area contributed by atoms with Gasteiger partial charge in [0.15, 0.2) is 11.0 Å². The number of benzene rings is 2. The summed E-state index contributed by atoms with van der Waals surface area (Å²) in [6.45, 7) is 1.67. The zero-order valence-corrected chi connectivity index (χ0v) is 17.3. The van der Waals surface area contributed by atoms with Crippen molar-refractivity contribution in [3.8, 4) is 11.4 Å². The topological polar surface area (TPSA) is 88.9 Å². The van der Waals surface area contributed by atoms with Crippen LogP contribution < -0.4 is 10.9 Å². The summed E-state index contributed by atoms with van der Waals surface area (Å²) in [5, 5.41) is 8.24. The zero-order chi connectivity index (χ0) is 22.0. The maximum Gasteiger partial charge on any atom is 0.269 e. The monoisotopic (exact) mass is 443 g/mol. The van der Waals surface area contributed by atoms with Gasteiger partial charge < -0.3 is 0 Å². The summed E-state index contributed by atoms with van der Waals surface area (Å²) in [4.78, 5) is 24.5. The number of carbonyl (C=O) groups excluding carboxylic acids is 2. The molecule has 1 unspecified atom stereocenters. The van der Waals surface area contributed by atoms with Gasteiger partial charge in [-0.15, -0.1) is 10.2 Å². The molecule has 0 aliphatic heterocycles. The van der Waals surface area contributed by atoms with E-state index in [2.05, 4.69) is 21.0 Å². The van der Waals surface area contributed by atoms with E-state index >= 15 is 0 Å². The molecule has 31 heavy (non-hydrogen) atoms. The number of carbonyl (C=O) groups is 2. The fraction of sp³-hybridized carbons (Fsp3) is 0.238. The minimum absolute atomic E-state index is 0.167. The summed E-state index contributed by atoms with van der Waals surface area (Å²) in [6, 6.07) is 11.5. The second kappa shape index (κ2) is 8.84. The lowest BCUT2D eigenvalue weighted by Gasteiger charge is -2.14. The first kappa shape index (κ1) is 21.0. The summed E-state index contributed by atoms with van der Waals surface area (Å²) in [5.41, 5.74) is 5.24. The fourth-order valence-electron chi connectivity index (χ4n) is 2.95. The van der Waals surface area contributed by atoms with E-state index in [1.165, 1.54) is 30.0 Å². The molecule has 1 heterocycles. The van der Waals surface area contributed by atoms with E-state index in [9.17, 15) is 18.4 Å². The summed E-state index contributed by atoms with van der Waals surface area (Å²) in [6.07, 6.45) is 1.86. The Morgan fingerprint density at radius 3 is 2.45 bits per heavy atom. The van der Waals surface area contributed by atoms with Crippen molar-refractivity contribution >= 4 is 23.6 Å². The predicted octanol–water partition coefficient (Wildman–Crippen LogP) is 3.50. The molecule has 4 rings (SSSR count). The molecule has 2 amide bonds. The van der Waals surface area contributed by atoms with Crippen LogP contribution in [-0.4, -0.2) is 31.8 Å². The molecule has 1 aromatic heterocycles. The zero-order valence-electron chi connectivity index (χ0n) is 16.5. The van der Waals surface area contributed by atoms with Crippen LogP contribution in [-0.2, 0) is 4.79 Å². The largest absolute Gasteiger partial charge is 0.299 e. The van der Waals surface area contributed by atoms with Gasteiger partial charge in [-0.2, -0.15) is 0 Å². The summed E-state index contributed by atoms with van der Waals surface area (Å²) in [5.74, 6) is -1.42. The Labute approximate surface area is 181 Å². The lowest BCUT2D eigenvalue weighted by molar-refractivity contribution is -0.121. The number of rotatable bonds is 6. The quantitative estimate of drug-likeness (QED) is 0.450. The van der Waals surface area contributed by atoms with Crippen LogP contribution >= 0.6 is 11.8 Å². The first-order valence-corrected chi connectivity index (χ1v) is 10.5. The number of hydrazine groups is 1. The van der Waals surface area contributed by atoms with Gasteiger partial charge in [-0.3, -0.25) is 25.0 Å². The van der Waals surface area contributed by atoms with Gasteiger partial charge in [-0.05, 0) is 56.2 Å². The number of amides is 2. The van der Waals surface area contributed by atoms with Gasteiger partial charge in [0.25, 0.3) is 11.8 Å². The molecule has 1 atom stereocenters. The average molecular weight is 443 g/mol. The molecule has 0 bridgehead atoms. The molecule has 0 saturated heterocycles. The van der Waals surface area contributed by atoms with Gasteiger partial charge >= 0.3 is 0 Å². The summed E-state index contributed by atoms with van der Waals surface area (Å²) >= 11 is 1.17. The maximum atomic E-state index is 14.3. The van der Waals surface area contributed by atoms with Crippen molar-refractivity contribution in [1.29, 1.82) is 0 Å². The highest BCUT2D eigenvalue weighted by Crippen LogP contribution is 2.42. The van der Waals surface area contributed by atoms with Crippen molar-refractivity contribution in [2.45, 2.75) is 36.2 Å². The Kier molecular flexibility index (Phi) is 5.99. The number of nitrogens with one attached hydrogen (secondary N) is 2. The second-order valence-corrected chi connectivity index (χ2v) is 8.41. The van der Waals surface area contributed by atoms with E-state index in [1.807, 2.05) is 4.57 Å². The normalized spacial score (nSPS) is 14.2. The highest BCUT2D eigenvalue weighted by atomic mass is 32.2. The highest BCUT2D eigenvalue weighted by molar-refractivity contribution is 8.00. The Hall–Kier alpha value is -3.27. The van der Waals surface area contributed by atoms with Crippen LogP contribution in [0.3, 0.4) is 0 Å². The minimum atomic E-state index is -0.608. The van der Waals surface area contributed by atoms with E-state index in [1.54, 1.807) is 25.1 Å². The van der Waals surface area contributed by atoms with Gasteiger partial charge in [0.05, 0.1) is 10.8 Å². The van der Waals surface area contributed by atoms with E-state index in [0.717, 1.165) is 25.0 Å². The van der Waals surface area contributed by atoms with Crippen molar-refractivity contribution in [3.63, 3.8) is 0 Å². The van der Waals surface area contributed by atoms with Gasteiger partial charge in [0.2, 0.25) is 0 Å². The van der Waals surface area contributed by atoms with Crippen molar-refractivity contribution in [2.75, 3.05) is 0 Å². The SMILES string of the molecule is CC(Sc1nnc(-c2ccccc2F)n1C1CC1)C(=O)NNC(=O)c1ccc(F)cc1. The molecule has 10 heteroatoms. The van der Waals surface area contributed by atoms with Gasteiger partial charge in [-0.25, -0.2) is 8.78 Å². The van der Waals surface area contributed by atoms with Crippen LogP contribution in [0.4, 0.5) is 8.78 Å². The van der Waals surface area contributed by atoms with Crippen molar-refractivity contribution in [1.82, 2.24) is 25.6 Å². The molecular weight excluding hydrogens is 424 g/mol. The molecule has 1 aliphatic carbocycles. The predicted molar refractivity (Wildman–Crippen MR) is 111 cm³/mol. The molecule has 2 N–H and O–H groups in total. The molecule has 2 aromatic carbocycles. The highest BCUT2D eigenvalue weighted by Gasteiger charge is 2.32. The van der Waals surface area contributed by atoms with Crippen LogP contribution in [0.25, 0.3) is 11.4 Å². The molecule has 160 valence electrons. The van der Waals surface area contributed by atoms with E-state index in [4.69, 9.17) is 0 Å². The number of hydrogen-bond acceptors (Lipinski definition) is 5. The molecule has 1 fully saturated rings. The first-order chi connectivity index (χ1) is 14.9. The van der Waals surface area contributed by atoms with Crippen LogP contribution in [0.1, 0.15) is 36.2 Å². The minimum Gasteiger partial charge on any atom is -0.299 e. The van der Waals surface area contributed by atoms with Crippen LogP contribution in [0.5, 0.6) is 0 Å². The number of aromatic nitrogens is 3. The molecular formula is C21H19F2N5O2S. The Morgan fingerprint density at radius 1 is 1.06 bits per heavy atom. The molecule has 1 aliphatic rings. The smallest absolute Gasteiger partial charge is 0.269 e. The lowest BCUT2D eigenvalue weighted by atomic mass is 10.2. The first-order valence-electron chi connectivity index (χ1n) is 9.66. The second-order valence-electron chi connectivity index (χ2n) is 7.10. The van der Waals surface area contributed by atoms with Crippen molar-refractivity contribution in [2.24, 2.45) is 0 Å². The van der Waals surface area contributed by atoms with Crippen molar-refractivity contribution < 1.29 is 18.4 Å². The Balaban J connectivity index is 1.43. The third kappa shape index (κ3) is 4.74. The molecule has 3 aromatic rings. The van der Waals surface area contributed by atoms with Crippen LogP contribution in [0, 0.1) is 11.6 Å². The molecule has 7 nitrogen and oxygen atoms in total. The average Bonchev–Trinajstić information content (AvgIpc) is 3.52. The van der Waals surface area contributed by atoms with Gasteiger partial charge in [-0.1, -0.05) is 23.9 Å². The fourth-order valence-corrected chi connectivity index (χ4v) is 3.87. The maximum absolute atomic E-state index is 14.3. The van der Waals surface area contributed by atoms with E-state index in [0.29, 0.717) is 16.5 Å². The van der Waals surface area contributed by atoms with Crippen molar-refractivity contribution in [3.05, 3.63) is 65.7 Å². The van der Waals surface area contributed by atoms with Crippen LogP contribution in [0.2, 0.25) is 0 Å². The van der Waals surface area contributed by atoms with Crippen LogP contribution in [0.15, 0.2) is 53.7 Å². The molecule has 0 spiro atoms. The number of hydrogen-bond donors (Lipinski definition) is 2. The van der Waals surface area contributed by atoms with Gasteiger partial charge in [0, 0.05) is 11.6 Å². The summed E-state index contributed by atoms with van der Waals surface area (Å²) < 4.78 is 29.1. The number of halogens is 2. The standard InChI is InChI=1S/C21H19F2N5O2S/c1-12(19(29)25-26-20(30)13-6-8-14(22)9-7-13)31-21-27-24-18(28(21)15-10-11-15)16-4-2-3-5-17(16)23/h2-9,12,15H,10-11H2,1H3,(H,25,29)(H,26,30). The lowest BCUT2D eigenvalue weighted by Crippen LogP contribution is -2.45. The third-order valence-corrected chi connectivity index (χ3v) is 5.81. The third-order valence-electron chi connectivity index (χ3n) is 4.75.